The number of imidazole rings is 1. The second-order valence-corrected chi connectivity index (χ2v) is 19.5. The summed E-state index contributed by atoms with van der Waals surface area (Å²) < 4.78 is 13.1. The van der Waals surface area contributed by atoms with Crippen LogP contribution < -0.4 is 16.0 Å². The Labute approximate surface area is 396 Å². The molecule has 2 fully saturated rings. The number of amides is 5. The summed E-state index contributed by atoms with van der Waals surface area (Å²) in [5.41, 5.74) is 4.97. The predicted octanol–water partition coefficient (Wildman–Crippen LogP) is 9.36. The highest BCUT2D eigenvalue weighted by molar-refractivity contribution is 6.00. The Hall–Kier alpha value is -7.42. The van der Waals surface area contributed by atoms with Gasteiger partial charge in [-0.2, -0.15) is 0 Å². The van der Waals surface area contributed by atoms with Gasteiger partial charge in [-0.15, -0.1) is 0 Å². The standard InChI is InChI=1S/C53H60N8O7/c1-52(2,3)67-50(65)57-44(35-16-10-8-11-17-35)48(63)60-28-14-20-41(60)46-54-32-43(59(46)7)34-24-22-33(23-25-34)40-31-37-30-38(26-27-39(37)56-40)55-47(62)42-21-15-29-61(42)49(64)45(36-18-12-9-13-19-36)58-51(66)68-53(4,5)6/h8-13,16-19,22-27,30-32,41-42,44-45,56H,14-15,20-21,28-29H2,1-7H3,(H,55,62)(H,57,65)(H,58,66)/t41-,42-,44+,45+/m0/s1. The lowest BCUT2D eigenvalue weighted by molar-refractivity contribution is -0.138. The summed E-state index contributed by atoms with van der Waals surface area (Å²) in [6, 6.07) is 31.1. The van der Waals surface area contributed by atoms with Crippen LogP contribution >= 0.6 is 0 Å². The monoisotopic (exact) mass is 920 g/mol. The van der Waals surface area contributed by atoms with Crippen molar-refractivity contribution in [3.63, 3.8) is 0 Å². The van der Waals surface area contributed by atoms with Crippen molar-refractivity contribution >= 4 is 46.5 Å². The Bertz CT molecular complexity index is 2790. The van der Waals surface area contributed by atoms with E-state index in [1.807, 2.05) is 108 Å². The molecule has 0 bridgehead atoms. The SMILES string of the molecule is Cn1c(-c2ccc(-c3cc4cc(NC(=O)[C@@H]5CCCN5C(=O)[C@H](NC(=O)OC(C)(C)C)c5ccccc5)ccc4[nH]3)cc2)cnc1[C@@H]1CCCN1C(=O)[C@H](NC(=O)OC(C)(C)C)c1ccccc1. The molecule has 5 amide bonds. The Morgan fingerprint density at radius 3 is 1.81 bits per heavy atom. The van der Waals surface area contributed by atoms with Gasteiger partial charge >= 0.3 is 12.2 Å². The number of ether oxygens (including phenoxy) is 2. The van der Waals surface area contributed by atoms with Crippen molar-refractivity contribution in [2.45, 2.75) is 103 Å². The lowest BCUT2D eigenvalue weighted by Crippen LogP contribution is -2.49. The molecule has 0 saturated carbocycles. The molecule has 4 N–H and O–H groups in total. The number of aromatic amines is 1. The highest BCUT2D eigenvalue weighted by Gasteiger charge is 2.40. The molecule has 2 aliphatic heterocycles. The van der Waals surface area contributed by atoms with Crippen LogP contribution in [0.1, 0.15) is 102 Å². The minimum absolute atomic E-state index is 0.220. The van der Waals surface area contributed by atoms with Crippen molar-refractivity contribution in [3.05, 3.63) is 132 Å². The quantitative estimate of drug-likeness (QED) is 0.0993. The number of H-pyrrole nitrogens is 1. The number of fused-ring (bicyclic) bond motifs is 1. The molecule has 0 aliphatic carbocycles. The van der Waals surface area contributed by atoms with E-state index in [1.165, 1.54) is 0 Å². The number of nitrogens with one attached hydrogen (secondary N) is 4. The Morgan fingerprint density at radius 2 is 1.22 bits per heavy atom. The van der Waals surface area contributed by atoms with Crippen molar-refractivity contribution in [3.8, 4) is 22.5 Å². The average Bonchev–Trinajstić information content (AvgIpc) is 4.13. The zero-order valence-corrected chi connectivity index (χ0v) is 39.7. The normalized spacial score (nSPS) is 17.1. The fourth-order valence-corrected chi connectivity index (χ4v) is 9.06. The van der Waals surface area contributed by atoms with Gasteiger partial charge in [-0.3, -0.25) is 14.4 Å². The third-order valence-electron chi connectivity index (χ3n) is 12.2. The van der Waals surface area contributed by atoms with Crippen molar-refractivity contribution < 1.29 is 33.4 Å². The zero-order valence-electron chi connectivity index (χ0n) is 39.7. The molecule has 6 aromatic rings. The molecule has 354 valence electrons. The number of anilines is 1. The Kier molecular flexibility index (Phi) is 13.5. The minimum atomic E-state index is -1.03. The van der Waals surface area contributed by atoms with E-state index in [0.717, 1.165) is 52.1 Å². The third kappa shape index (κ3) is 10.7. The van der Waals surface area contributed by atoms with E-state index in [4.69, 9.17) is 14.5 Å². The highest BCUT2D eigenvalue weighted by Crippen LogP contribution is 2.36. The summed E-state index contributed by atoms with van der Waals surface area (Å²) in [5.74, 6) is -0.142. The summed E-state index contributed by atoms with van der Waals surface area (Å²) in [6.45, 7) is 11.5. The number of carbonyl (C=O) groups is 5. The van der Waals surface area contributed by atoms with E-state index in [2.05, 4.69) is 20.9 Å². The van der Waals surface area contributed by atoms with Crippen LogP contribution in [0.25, 0.3) is 33.4 Å². The van der Waals surface area contributed by atoms with Crippen LogP contribution in [-0.2, 0) is 30.9 Å². The van der Waals surface area contributed by atoms with Crippen LogP contribution in [0.2, 0.25) is 0 Å². The fraction of sp³-hybridized carbons (Fsp3) is 0.358. The number of carbonyl (C=O) groups excluding carboxylic acids is 5. The van der Waals surface area contributed by atoms with Gasteiger partial charge in [0, 0.05) is 42.4 Å². The fourth-order valence-electron chi connectivity index (χ4n) is 9.06. The van der Waals surface area contributed by atoms with Crippen LogP contribution in [0, 0.1) is 0 Å². The average molecular weight is 921 g/mol. The van der Waals surface area contributed by atoms with Gasteiger partial charge in [0.2, 0.25) is 5.91 Å². The zero-order chi connectivity index (χ0) is 48.3. The third-order valence-corrected chi connectivity index (χ3v) is 12.2. The number of alkyl carbamates (subject to hydrolysis) is 2. The number of rotatable bonds is 11. The van der Waals surface area contributed by atoms with Crippen LogP contribution in [0.15, 0.2) is 115 Å². The number of hydrogen-bond acceptors (Lipinski definition) is 8. The van der Waals surface area contributed by atoms with Crippen molar-refractivity contribution in [2.24, 2.45) is 7.05 Å². The van der Waals surface area contributed by atoms with Gasteiger partial charge in [0.15, 0.2) is 0 Å². The van der Waals surface area contributed by atoms with E-state index in [1.54, 1.807) is 70.7 Å². The van der Waals surface area contributed by atoms with Gasteiger partial charge in [0.05, 0.1) is 17.9 Å². The van der Waals surface area contributed by atoms with Crippen LogP contribution in [0.5, 0.6) is 0 Å². The molecular formula is C53H60N8O7. The number of benzene rings is 4. The Balaban J connectivity index is 0.941. The van der Waals surface area contributed by atoms with Crippen molar-refractivity contribution in [1.29, 1.82) is 0 Å². The van der Waals surface area contributed by atoms with Gasteiger partial charge in [-0.1, -0.05) is 84.9 Å². The first-order valence-electron chi connectivity index (χ1n) is 23.2. The molecule has 0 unspecified atom stereocenters. The van der Waals surface area contributed by atoms with E-state index in [-0.39, 0.29) is 23.8 Å². The summed E-state index contributed by atoms with van der Waals surface area (Å²) >= 11 is 0. The topological polar surface area (TPSA) is 180 Å². The van der Waals surface area contributed by atoms with Crippen LogP contribution in [0.4, 0.5) is 15.3 Å². The molecule has 0 spiro atoms. The number of hydrogen-bond donors (Lipinski definition) is 4. The first-order valence-corrected chi connectivity index (χ1v) is 23.2. The second kappa shape index (κ2) is 19.4. The lowest BCUT2D eigenvalue weighted by atomic mass is 10.0. The molecule has 4 atom stereocenters. The van der Waals surface area contributed by atoms with Crippen molar-refractivity contribution in [1.82, 2.24) is 35.0 Å². The van der Waals surface area contributed by atoms with Gasteiger partial charge in [0.1, 0.15) is 35.2 Å². The lowest BCUT2D eigenvalue weighted by Gasteiger charge is -2.30. The number of likely N-dealkylation sites (tertiary alicyclic amines) is 2. The molecule has 4 heterocycles. The molecule has 68 heavy (non-hydrogen) atoms. The second-order valence-electron chi connectivity index (χ2n) is 19.5. The van der Waals surface area contributed by atoms with E-state index >= 15 is 0 Å². The largest absolute Gasteiger partial charge is 0.444 e. The minimum Gasteiger partial charge on any atom is -0.444 e. The molecule has 2 aromatic heterocycles. The predicted molar refractivity (Wildman–Crippen MR) is 260 cm³/mol. The summed E-state index contributed by atoms with van der Waals surface area (Å²) in [4.78, 5) is 79.7. The molecule has 8 rings (SSSR count). The number of nitrogens with zero attached hydrogens (tertiary/aromatic N) is 4. The van der Waals surface area contributed by atoms with Gasteiger partial charge in [-0.25, -0.2) is 14.6 Å². The first-order chi connectivity index (χ1) is 32.4. The van der Waals surface area contributed by atoms with Crippen LogP contribution in [-0.4, -0.2) is 84.6 Å². The molecule has 15 heteroatoms. The van der Waals surface area contributed by atoms with Gasteiger partial charge < -0.3 is 44.8 Å². The maximum Gasteiger partial charge on any atom is 0.408 e. The molecular weight excluding hydrogens is 861 g/mol. The van der Waals surface area contributed by atoms with Gasteiger partial charge in [-0.05, 0) is 114 Å². The van der Waals surface area contributed by atoms with Gasteiger partial charge in [0.25, 0.3) is 11.8 Å². The first kappa shape index (κ1) is 47.1. The molecule has 2 saturated heterocycles. The van der Waals surface area contributed by atoms with E-state index in [0.29, 0.717) is 42.7 Å². The van der Waals surface area contributed by atoms with E-state index < -0.39 is 41.5 Å². The van der Waals surface area contributed by atoms with E-state index in [9.17, 15) is 24.0 Å². The smallest absolute Gasteiger partial charge is 0.408 e. The highest BCUT2D eigenvalue weighted by atomic mass is 16.6. The Morgan fingerprint density at radius 1 is 0.676 bits per heavy atom. The summed E-state index contributed by atoms with van der Waals surface area (Å²) in [5, 5.41) is 9.51. The molecule has 2 aliphatic rings. The van der Waals surface area contributed by atoms with Crippen molar-refractivity contribution in [2.75, 3.05) is 18.4 Å². The summed E-state index contributed by atoms with van der Waals surface area (Å²) in [6.07, 6.45) is 3.12. The summed E-state index contributed by atoms with van der Waals surface area (Å²) in [7, 11) is 1.96. The molecule has 0 radical (unpaired) electrons. The molecule has 15 nitrogen and oxygen atoms in total. The maximum absolute atomic E-state index is 14.3. The molecule has 4 aromatic carbocycles. The maximum atomic E-state index is 14.3. The number of aromatic nitrogens is 3. The van der Waals surface area contributed by atoms with Crippen LogP contribution in [0.3, 0.4) is 0 Å².